The second kappa shape index (κ2) is 8.08. The van der Waals surface area contributed by atoms with Gasteiger partial charge in [0.25, 0.3) is 0 Å². The first-order valence-electron chi connectivity index (χ1n) is 6.78. The smallest absolute Gasteiger partial charge is 0.314 e. The molecule has 0 aromatic heterocycles. The lowest BCUT2D eigenvalue weighted by Crippen LogP contribution is -2.45. The number of hydrogen-bond donors (Lipinski definition) is 1. The quantitative estimate of drug-likeness (QED) is 0.837. The van der Waals surface area contributed by atoms with Gasteiger partial charge in [-0.25, -0.2) is 8.78 Å². The van der Waals surface area contributed by atoms with Crippen LogP contribution in [0.1, 0.15) is 23.6 Å². The zero-order chi connectivity index (χ0) is 15.5. The molecule has 8 heteroatoms. The molecule has 1 aliphatic heterocycles. The molecule has 0 radical (unpaired) electrons. The van der Waals surface area contributed by atoms with Crippen molar-refractivity contribution in [1.82, 2.24) is 10.2 Å². The van der Waals surface area contributed by atoms with Crippen LogP contribution in [-0.2, 0) is 6.18 Å². The highest BCUT2D eigenvalue weighted by molar-refractivity contribution is 5.85. The maximum atomic E-state index is 12.8. The van der Waals surface area contributed by atoms with E-state index >= 15 is 0 Å². The predicted molar refractivity (Wildman–Crippen MR) is 76.5 cm³/mol. The standard InChI is InChI=1S/C14H17F5N2.ClH/c15-13(16)9-12(21-7-5-20-6-8-21)10-1-3-11(4-2-10)14(17,18)19;/h1-4,12-13,20H,5-9H2;1H/t12-;/m0./s1. The van der Waals surface area contributed by atoms with Crippen LogP contribution in [0.4, 0.5) is 22.0 Å². The van der Waals surface area contributed by atoms with Crippen molar-refractivity contribution in [3.8, 4) is 0 Å². The highest BCUT2D eigenvalue weighted by Crippen LogP contribution is 2.32. The summed E-state index contributed by atoms with van der Waals surface area (Å²) in [5.41, 5.74) is -0.257. The number of alkyl halides is 5. The summed E-state index contributed by atoms with van der Waals surface area (Å²) >= 11 is 0. The second-order valence-electron chi connectivity index (χ2n) is 5.05. The molecule has 0 amide bonds. The minimum absolute atomic E-state index is 0. The Hall–Kier alpha value is -0.920. The van der Waals surface area contributed by atoms with E-state index in [1.165, 1.54) is 12.1 Å². The van der Waals surface area contributed by atoms with Crippen molar-refractivity contribution in [2.75, 3.05) is 26.2 Å². The van der Waals surface area contributed by atoms with Crippen LogP contribution < -0.4 is 5.32 Å². The lowest BCUT2D eigenvalue weighted by atomic mass is 10.00. The Morgan fingerprint density at radius 3 is 2.05 bits per heavy atom. The van der Waals surface area contributed by atoms with E-state index < -0.39 is 24.2 Å². The third-order valence-electron chi connectivity index (χ3n) is 3.62. The Bertz CT molecular complexity index is 444. The molecular formula is C14H18ClF5N2. The van der Waals surface area contributed by atoms with E-state index in [1.807, 2.05) is 4.90 Å². The topological polar surface area (TPSA) is 15.3 Å². The summed E-state index contributed by atoms with van der Waals surface area (Å²) in [4.78, 5) is 1.89. The molecule has 0 bridgehead atoms. The molecule has 2 nitrogen and oxygen atoms in total. The number of piperazine rings is 1. The Kier molecular flexibility index (Phi) is 7.02. The molecule has 1 aliphatic rings. The normalized spacial score (nSPS) is 18.1. The van der Waals surface area contributed by atoms with Gasteiger partial charge in [-0.05, 0) is 17.7 Å². The van der Waals surface area contributed by atoms with Gasteiger partial charge in [0.15, 0.2) is 0 Å². The van der Waals surface area contributed by atoms with Crippen LogP contribution in [0, 0.1) is 0 Å². The molecule has 0 spiro atoms. The van der Waals surface area contributed by atoms with Crippen molar-refractivity contribution in [2.45, 2.75) is 25.1 Å². The average Bonchev–Trinajstić information content (AvgIpc) is 2.45. The molecule has 1 fully saturated rings. The predicted octanol–water partition coefficient (Wildman–Crippen LogP) is 3.73. The summed E-state index contributed by atoms with van der Waals surface area (Å²) in [6.45, 7) is 2.61. The van der Waals surface area contributed by atoms with E-state index in [2.05, 4.69) is 5.32 Å². The van der Waals surface area contributed by atoms with Gasteiger partial charge < -0.3 is 5.32 Å². The SMILES string of the molecule is Cl.FC(F)C[C@@H](c1ccc(C(F)(F)F)cc1)N1CCNCC1. The molecule has 1 N–H and O–H groups in total. The van der Waals surface area contributed by atoms with Crippen LogP contribution in [0.5, 0.6) is 0 Å². The Labute approximate surface area is 132 Å². The van der Waals surface area contributed by atoms with Crippen LogP contribution in [0.2, 0.25) is 0 Å². The third kappa shape index (κ3) is 5.07. The Morgan fingerprint density at radius 1 is 1.05 bits per heavy atom. The number of halogens is 6. The van der Waals surface area contributed by atoms with Crippen LogP contribution in [0.15, 0.2) is 24.3 Å². The summed E-state index contributed by atoms with van der Waals surface area (Å²) < 4.78 is 63.2. The monoisotopic (exact) mass is 344 g/mol. The second-order valence-corrected chi connectivity index (χ2v) is 5.05. The van der Waals surface area contributed by atoms with Crippen molar-refractivity contribution >= 4 is 12.4 Å². The minimum Gasteiger partial charge on any atom is -0.314 e. The summed E-state index contributed by atoms with van der Waals surface area (Å²) in [5, 5.41) is 3.13. The van der Waals surface area contributed by atoms with Gasteiger partial charge in [0, 0.05) is 38.6 Å². The van der Waals surface area contributed by atoms with Gasteiger partial charge in [0.05, 0.1) is 5.56 Å². The van der Waals surface area contributed by atoms with Gasteiger partial charge >= 0.3 is 6.18 Å². The van der Waals surface area contributed by atoms with Crippen molar-refractivity contribution in [2.24, 2.45) is 0 Å². The highest BCUT2D eigenvalue weighted by atomic mass is 35.5. The molecule has 0 unspecified atom stereocenters. The zero-order valence-corrected chi connectivity index (χ0v) is 12.6. The van der Waals surface area contributed by atoms with Gasteiger partial charge in [-0.2, -0.15) is 13.2 Å². The lowest BCUT2D eigenvalue weighted by Gasteiger charge is -2.35. The summed E-state index contributed by atoms with van der Waals surface area (Å²) in [6.07, 6.45) is -7.27. The first kappa shape index (κ1) is 19.1. The first-order chi connectivity index (χ1) is 9.88. The summed E-state index contributed by atoms with van der Waals surface area (Å²) in [5.74, 6) is 0. The molecule has 1 aromatic carbocycles. The zero-order valence-electron chi connectivity index (χ0n) is 11.7. The number of benzene rings is 1. The molecular weight excluding hydrogens is 327 g/mol. The molecule has 1 aromatic rings. The number of hydrogen-bond acceptors (Lipinski definition) is 2. The van der Waals surface area contributed by atoms with Crippen molar-refractivity contribution in [3.05, 3.63) is 35.4 Å². The van der Waals surface area contributed by atoms with Gasteiger partial charge in [0.2, 0.25) is 6.43 Å². The Balaban J connectivity index is 0.00000242. The fraction of sp³-hybridized carbons (Fsp3) is 0.571. The molecule has 22 heavy (non-hydrogen) atoms. The van der Waals surface area contributed by atoms with Crippen LogP contribution >= 0.6 is 12.4 Å². The maximum absolute atomic E-state index is 12.8. The number of nitrogens with one attached hydrogen (secondary N) is 1. The molecule has 126 valence electrons. The molecule has 1 saturated heterocycles. The Morgan fingerprint density at radius 2 is 1.59 bits per heavy atom. The fourth-order valence-electron chi connectivity index (χ4n) is 2.55. The highest BCUT2D eigenvalue weighted by Gasteiger charge is 2.31. The minimum atomic E-state index is -4.41. The van der Waals surface area contributed by atoms with Gasteiger partial charge in [0.1, 0.15) is 0 Å². The maximum Gasteiger partial charge on any atom is 0.416 e. The van der Waals surface area contributed by atoms with Gasteiger partial charge in [-0.3, -0.25) is 4.90 Å². The average molecular weight is 345 g/mol. The molecule has 1 atom stereocenters. The van der Waals surface area contributed by atoms with Gasteiger partial charge in [-0.1, -0.05) is 12.1 Å². The molecule has 1 heterocycles. The van der Waals surface area contributed by atoms with Crippen molar-refractivity contribution in [3.63, 3.8) is 0 Å². The van der Waals surface area contributed by atoms with Gasteiger partial charge in [-0.15, -0.1) is 12.4 Å². The third-order valence-corrected chi connectivity index (χ3v) is 3.62. The van der Waals surface area contributed by atoms with Crippen LogP contribution in [0.3, 0.4) is 0 Å². The van der Waals surface area contributed by atoms with Crippen molar-refractivity contribution < 1.29 is 22.0 Å². The first-order valence-corrected chi connectivity index (χ1v) is 6.78. The molecule has 0 saturated carbocycles. The van der Waals surface area contributed by atoms with E-state index in [0.29, 0.717) is 31.7 Å². The van der Waals surface area contributed by atoms with E-state index in [1.54, 1.807) is 0 Å². The largest absolute Gasteiger partial charge is 0.416 e. The summed E-state index contributed by atoms with van der Waals surface area (Å²) in [7, 11) is 0. The fourth-order valence-corrected chi connectivity index (χ4v) is 2.55. The lowest BCUT2D eigenvalue weighted by molar-refractivity contribution is -0.137. The number of nitrogens with zero attached hydrogens (tertiary/aromatic N) is 1. The van der Waals surface area contributed by atoms with Crippen LogP contribution in [0.25, 0.3) is 0 Å². The van der Waals surface area contributed by atoms with Crippen molar-refractivity contribution in [1.29, 1.82) is 0 Å². The molecule has 2 rings (SSSR count). The van der Waals surface area contributed by atoms with E-state index in [-0.39, 0.29) is 18.8 Å². The number of rotatable bonds is 4. The van der Waals surface area contributed by atoms with E-state index in [4.69, 9.17) is 0 Å². The molecule has 0 aliphatic carbocycles. The van der Waals surface area contributed by atoms with Crippen LogP contribution in [-0.4, -0.2) is 37.5 Å². The van der Waals surface area contributed by atoms with E-state index in [0.717, 1.165) is 12.1 Å². The van der Waals surface area contributed by atoms with E-state index in [9.17, 15) is 22.0 Å². The summed E-state index contributed by atoms with van der Waals surface area (Å²) in [6, 6.07) is 3.97.